The number of urea groups is 1. The fraction of sp³-hybridized carbons (Fsp3) is 0.667. The van der Waals surface area contributed by atoms with Crippen LogP contribution in [0, 0.1) is 0 Å². The monoisotopic (exact) mass is 373 g/mol. The van der Waals surface area contributed by atoms with Crippen molar-refractivity contribution >= 4 is 6.03 Å². The Labute approximate surface area is 158 Å². The van der Waals surface area contributed by atoms with Gasteiger partial charge in [-0.3, -0.25) is 4.68 Å². The molecule has 4 heterocycles. The Hall–Kier alpha value is -2.42. The van der Waals surface area contributed by atoms with Gasteiger partial charge in [0.15, 0.2) is 5.82 Å². The summed E-state index contributed by atoms with van der Waals surface area (Å²) in [5, 5.41) is 11.9. The zero-order valence-electron chi connectivity index (χ0n) is 16.0. The van der Waals surface area contributed by atoms with Gasteiger partial charge in [0.05, 0.1) is 6.04 Å². The number of ether oxygens (including phenoxy) is 1. The van der Waals surface area contributed by atoms with Crippen molar-refractivity contribution in [2.45, 2.75) is 50.8 Å². The molecule has 9 heteroatoms. The van der Waals surface area contributed by atoms with E-state index in [4.69, 9.17) is 4.74 Å². The molecule has 9 nitrogen and oxygen atoms in total. The van der Waals surface area contributed by atoms with Crippen LogP contribution in [-0.2, 0) is 24.9 Å². The number of likely N-dealkylation sites (tertiary alicyclic amines) is 1. The van der Waals surface area contributed by atoms with Crippen LogP contribution in [0.25, 0.3) is 0 Å². The van der Waals surface area contributed by atoms with E-state index in [1.165, 1.54) is 5.69 Å². The first-order chi connectivity index (χ1) is 13.2. The first-order valence-electron chi connectivity index (χ1n) is 9.61. The summed E-state index contributed by atoms with van der Waals surface area (Å²) in [6.45, 7) is 2.75. The van der Waals surface area contributed by atoms with E-state index in [1.807, 2.05) is 27.5 Å². The Kier molecular flexibility index (Phi) is 5.11. The van der Waals surface area contributed by atoms with Gasteiger partial charge in [0.2, 0.25) is 0 Å². The van der Waals surface area contributed by atoms with Crippen LogP contribution in [-0.4, -0.2) is 55.7 Å². The van der Waals surface area contributed by atoms with E-state index in [9.17, 15) is 4.79 Å². The molecule has 1 fully saturated rings. The number of piperidine rings is 1. The van der Waals surface area contributed by atoms with Crippen LogP contribution in [0.1, 0.15) is 55.0 Å². The number of nitrogens with one attached hydrogen (secondary N) is 1. The maximum atomic E-state index is 12.8. The number of fused-ring (bicyclic) bond motifs is 1. The summed E-state index contributed by atoms with van der Waals surface area (Å²) in [5.41, 5.74) is 1.25. The summed E-state index contributed by atoms with van der Waals surface area (Å²) in [6, 6.07) is 1.99. The molecule has 0 radical (unpaired) electrons. The normalized spacial score (nSPS) is 20.5. The fourth-order valence-electron chi connectivity index (χ4n) is 4.13. The van der Waals surface area contributed by atoms with Crippen LogP contribution < -0.4 is 5.32 Å². The highest BCUT2D eigenvalue weighted by Gasteiger charge is 2.30. The third-order valence-corrected chi connectivity index (χ3v) is 5.55. The van der Waals surface area contributed by atoms with Crippen LogP contribution in [0.3, 0.4) is 0 Å². The van der Waals surface area contributed by atoms with Crippen LogP contribution in [0.2, 0.25) is 0 Å². The fourth-order valence-corrected chi connectivity index (χ4v) is 4.13. The molecular formula is C18H27N7O2. The summed E-state index contributed by atoms with van der Waals surface area (Å²) in [5.74, 6) is 1.98. The van der Waals surface area contributed by atoms with Crippen LogP contribution in [0.4, 0.5) is 4.79 Å². The average Bonchev–Trinajstić information content (AvgIpc) is 3.28. The Morgan fingerprint density at radius 1 is 1.30 bits per heavy atom. The Morgan fingerprint density at radius 3 is 2.81 bits per heavy atom. The molecule has 1 atom stereocenters. The molecule has 2 aliphatic rings. The molecule has 2 amide bonds. The summed E-state index contributed by atoms with van der Waals surface area (Å²) >= 11 is 0. The standard InChI is InChI=1S/C18H27N7O2/c1-23-15(5-8-19-23)13-6-10-24(11-7-13)18(26)20-14-4-3-9-25-17(14)21-16(22-25)12-27-2/h5,8,13-14H,3-4,6-7,9-12H2,1-2H3,(H,20,26). The number of hydrogen-bond acceptors (Lipinski definition) is 5. The first kappa shape index (κ1) is 18.0. The van der Waals surface area contributed by atoms with Crippen molar-refractivity contribution in [1.29, 1.82) is 0 Å². The predicted molar refractivity (Wildman–Crippen MR) is 98.0 cm³/mol. The molecule has 2 aromatic rings. The predicted octanol–water partition coefficient (Wildman–Crippen LogP) is 1.58. The number of methoxy groups -OCH3 is 1. The largest absolute Gasteiger partial charge is 0.377 e. The molecule has 2 aromatic heterocycles. The molecule has 0 aliphatic carbocycles. The van der Waals surface area contributed by atoms with Crippen molar-refractivity contribution in [3.05, 3.63) is 29.6 Å². The van der Waals surface area contributed by atoms with Crippen molar-refractivity contribution in [3.63, 3.8) is 0 Å². The van der Waals surface area contributed by atoms with E-state index in [2.05, 4.69) is 26.6 Å². The lowest BCUT2D eigenvalue weighted by Gasteiger charge is -2.33. The molecule has 1 saturated heterocycles. The zero-order valence-corrected chi connectivity index (χ0v) is 16.0. The van der Waals surface area contributed by atoms with E-state index < -0.39 is 0 Å². The third-order valence-electron chi connectivity index (χ3n) is 5.55. The lowest BCUT2D eigenvalue weighted by molar-refractivity contribution is 0.173. The number of aromatic nitrogens is 5. The molecule has 0 spiro atoms. The lowest BCUT2D eigenvalue weighted by Crippen LogP contribution is -2.46. The Balaban J connectivity index is 1.36. The topological polar surface area (TPSA) is 90.1 Å². The molecule has 0 saturated carbocycles. The number of amides is 2. The van der Waals surface area contributed by atoms with Crippen molar-refractivity contribution in [1.82, 2.24) is 34.8 Å². The minimum Gasteiger partial charge on any atom is -0.377 e. The molecule has 27 heavy (non-hydrogen) atoms. The summed E-state index contributed by atoms with van der Waals surface area (Å²) in [4.78, 5) is 19.3. The number of carbonyl (C=O) groups excluding carboxylic acids is 1. The quantitative estimate of drug-likeness (QED) is 0.879. The summed E-state index contributed by atoms with van der Waals surface area (Å²) in [6.07, 6.45) is 5.64. The van der Waals surface area contributed by atoms with Gasteiger partial charge < -0.3 is 15.0 Å². The molecule has 0 bridgehead atoms. The first-order valence-corrected chi connectivity index (χ1v) is 9.61. The van der Waals surface area contributed by atoms with Crippen molar-refractivity contribution in [2.75, 3.05) is 20.2 Å². The molecule has 146 valence electrons. The minimum atomic E-state index is -0.0841. The van der Waals surface area contributed by atoms with Gasteiger partial charge in [-0.2, -0.15) is 10.2 Å². The highest BCUT2D eigenvalue weighted by Crippen LogP contribution is 2.28. The molecule has 4 rings (SSSR count). The molecular weight excluding hydrogens is 346 g/mol. The van der Waals surface area contributed by atoms with Gasteiger partial charge >= 0.3 is 6.03 Å². The van der Waals surface area contributed by atoms with E-state index in [0.29, 0.717) is 18.3 Å². The van der Waals surface area contributed by atoms with Crippen molar-refractivity contribution in [3.8, 4) is 0 Å². The van der Waals surface area contributed by atoms with Crippen LogP contribution >= 0.6 is 0 Å². The van der Waals surface area contributed by atoms with E-state index in [0.717, 1.165) is 51.1 Å². The minimum absolute atomic E-state index is 0.00630. The molecule has 2 aliphatic heterocycles. The van der Waals surface area contributed by atoms with Gasteiger partial charge in [-0.15, -0.1) is 0 Å². The zero-order chi connectivity index (χ0) is 18.8. The molecule has 0 aromatic carbocycles. The Bertz CT molecular complexity index is 791. The van der Waals surface area contributed by atoms with Gasteiger partial charge in [-0.05, 0) is 31.7 Å². The second-order valence-electron chi connectivity index (χ2n) is 7.33. The number of nitrogens with zero attached hydrogens (tertiary/aromatic N) is 6. The smallest absolute Gasteiger partial charge is 0.317 e. The van der Waals surface area contributed by atoms with Gasteiger partial charge in [0.25, 0.3) is 0 Å². The highest BCUT2D eigenvalue weighted by atomic mass is 16.5. The van der Waals surface area contributed by atoms with Crippen molar-refractivity contribution < 1.29 is 9.53 Å². The second-order valence-corrected chi connectivity index (χ2v) is 7.33. The Morgan fingerprint density at radius 2 is 2.11 bits per heavy atom. The molecule has 1 N–H and O–H groups in total. The number of carbonyl (C=O) groups is 1. The van der Waals surface area contributed by atoms with E-state index >= 15 is 0 Å². The number of rotatable bonds is 4. The van der Waals surface area contributed by atoms with Crippen LogP contribution in [0.15, 0.2) is 12.3 Å². The highest BCUT2D eigenvalue weighted by molar-refractivity contribution is 5.74. The average molecular weight is 373 g/mol. The maximum absolute atomic E-state index is 12.8. The van der Waals surface area contributed by atoms with Gasteiger partial charge in [0, 0.05) is 51.6 Å². The second kappa shape index (κ2) is 7.67. The molecule has 1 unspecified atom stereocenters. The van der Waals surface area contributed by atoms with E-state index in [1.54, 1.807) is 7.11 Å². The van der Waals surface area contributed by atoms with Gasteiger partial charge in [-0.25, -0.2) is 14.5 Å². The lowest BCUT2D eigenvalue weighted by atomic mass is 9.93. The van der Waals surface area contributed by atoms with Crippen LogP contribution in [0.5, 0.6) is 0 Å². The van der Waals surface area contributed by atoms with Gasteiger partial charge in [0.1, 0.15) is 12.4 Å². The third kappa shape index (κ3) is 3.69. The van der Waals surface area contributed by atoms with Crippen molar-refractivity contribution in [2.24, 2.45) is 7.05 Å². The number of hydrogen-bond donors (Lipinski definition) is 1. The van der Waals surface area contributed by atoms with E-state index in [-0.39, 0.29) is 12.1 Å². The maximum Gasteiger partial charge on any atom is 0.317 e. The number of aryl methyl sites for hydroxylation is 2. The SMILES string of the molecule is COCc1nc2n(n1)CCCC2NC(=O)N1CCC(c2ccnn2C)CC1. The van der Waals surface area contributed by atoms with Gasteiger partial charge in [-0.1, -0.05) is 0 Å². The summed E-state index contributed by atoms with van der Waals surface area (Å²) < 4.78 is 8.96. The summed E-state index contributed by atoms with van der Waals surface area (Å²) in [7, 11) is 3.61.